The van der Waals surface area contributed by atoms with Crippen molar-refractivity contribution < 1.29 is 17.9 Å². The molecule has 0 fully saturated rings. The van der Waals surface area contributed by atoms with Gasteiger partial charge in [-0.05, 0) is 58.3 Å². The first-order valence-corrected chi connectivity index (χ1v) is 10.7. The van der Waals surface area contributed by atoms with Gasteiger partial charge in [0.25, 0.3) is 0 Å². The number of rotatable bonds is 6. The van der Waals surface area contributed by atoms with Gasteiger partial charge >= 0.3 is 0 Å². The van der Waals surface area contributed by atoms with Crippen molar-refractivity contribution in [1.82, 2.24) is 4.72 Å². The van der Waals surface area contributed by atoms with Crippen LogP contribution in [-0.4, -0.2) is 29.2 Å². The summed E-state index contributed by atoms with van der Waals surface area (Å²) in [6, 6.07) is 11.3. The van der Waals surface area contributed by atoms with E-state index in [-0.39, 0.29) is 10.8 Å². The second-order valence-electron chi connectivity index (χ2n) is 6.28. The first-order valence-electron chi connectivity index (χ1n) is 8.45. The van der Waals surface area contributed by atoms with Crippen LogP contribution < -0.4 is 14.2 Å². The maximum absolute atomic E-state index is 12.8. The number of nitrogens with one attached hydrogen (secondary N) is 1. The first-order chi connectivity index (χ1) is 12.5. The molecular weight excluding hydrogens is 418 g/mol. The van der Waals surface area contributed by atoms with Crippen molar-refractivity contribution in [3.8, 4) is 11.5 Å². The molecular formula is C19H22BrNO4S. The number of halogens is 1. The predicted octanol–water partition coefficient (Wildman–Crippen LogP) is 3.86. The van der Waals surface area contributed by atoms with E-state index in [1.807, 2.05) is 12.1 Å². The summed E-state index contributed by atoms with van der Waals surface area (Å²) in [6.07, 6.45) is 3.11. The van der Waals surface area contributed by atoms with Gasteiger partial charge in [0.2, 0.25) is 10.0 Å². The molecule has 1 N–H and O–H groups in total. The molecule has 0 saturated heterocycles. The average Bonchev–Trinajstić information content (AvgIpc) is 2.65. The third-order valence-electron chi connectivity index (χ3n) is 4.74. The number of aryl methyl sites for hydroxylation is 1. The van der Waals surface area contributed by atoms with E-state index in [1.54, 1.807) is 6.07 Å². The van der Waals surface area contributed by atoms with Gasteiger partial charge in [0, 0.05) is 17.1 Å². The van der Waals surface area contributed by atoms with E-state index in [4.69, 9.17) is 9.47 Å². The molecule has 0 aliphatic heterocycles. The fourth-order valence-corrected chi connectivity index (χ4v) is 5.51. The van der Waals surface area contributed by atoms with E-state index >= 15 is 0 Å². The number of benzene rings is 2. The molecule has 140 valence electrons. The highest BCUT2D eigenvalue weighted by Gasteiger charge is 2.25. The van der Waals surface area contributed by atoms with Gasteiger partial charge in [-0.3, -0.25) is 0 Å². The molecule has 0 amide bonds. The Balaban J connectivity index is 1.83. The summed E-state index contributed by atoms with van der Waals surface area (Å²) in [7, 11) is -0.691. The van der Waals surface area contributed by atoms with Crippen LogP contribution in [0.4, 0.5) is 0 Å². The van der Waals surface area contributed by atoms with Gasteiger partial charge in [-0.15, -0.1) is 0 Å². The largest absolute Gasteiger partial charge is 0.493 e. The third-order valence-corrected chi connectivity index (χ3v) is 7.12. The summed E-state index contributed by atoms with van der Waals surface area (Å²) < 4.78 is 39.3. The van der Waals surface area contributed by atoms with Crippen LogP contribution in [0.3, 0.4) is 0 Å². The minimum atomic E-state index is -3.68. The molecule has 1 aliphatic carbocycles. The lowest BCUT2D eigenvalue weighted by molar-refractivity contribution is 0.353. The third kappa shape index (κ3) is 3.89. The summed E-state index contributed by atoms with van der Waals surface area (Å²) in [5.74, 6) is 1.03. The Kier molecular flexibility index (Phi) is 5.89. The highest BCUT2D eigenvalue weighted by Crippen LogP contribution is 2.36. The molecule has 0 unspecified atom stereocenters. The van der Waals surface area contributed by atoms with Crippen LogP contribution in [0.2, 0.25) is 0 Å². The second-order valence-corrected chi connectivity index (χ2v) is 8.87. The van der Waals surface area contributed by atoms with E-state index < -0.39 is 10.0 Å². The monoisotopic (exact) mass is 439 g/mol. The summed E-state index contributed by atoms with van der Waals surface area (Å²) in [5, 5.41) is 0. The van der Waals surface area contributed by atoms with E-state index in [0.29, 0.717) is 22.5 Å². The molecule has 2 aromatic carbocycles. The molecule has 7 heteroatoms. The number of ether oxygens (including phenoxy) is 2. The van der Waals surface area contributed by atoms with Gasteiger partial charge in [-0.25, -0.2) is 13.1 Å². The zero-order valence-corrected chi connectivity index (χ0v) is 17.2. The molecule has 3 rings (SSSR count). The van der Waals surface area contributed by atoms with Crippen molar-refractivity contribution in [2.75, 3.05) is 20.8 Å². The number of fused-ring (bicyclic) bond motifs is 1. The van der Waals surface area contributed by atoms with Crippen LogP contribution in [0.5, 0.6) is 11.5 Å². The van der Waals surface area contributed by atoms with Crippen molar-refractivity contribution in [1.29, 1.82) is 0 Å². The molecule has 0 radical (unpaired) electrons. The number of methoxy groups -OCH3 is 2. The number of sulfonamides is 1. The van der Waals surface area contributed by atoms with E-state index in [1.165, 1.54) is 31.4 Å². The van der Waals surface area contributed by atoms with Gasteiger partial charge < -0.3 is 9.47 Å². The van der Waals surface area contributed by atoms with Crippen LogP contribution >= 0.6 is 15.9 Å². The lowest BCUT2D eigenvalue weighted by Gasteiger charge is -2.25. The summed E-state index contributed by atoms with van der Waals surface area (Å²) in [5.41, 5.74) is 2.56. The number of hydrogen-bond donors (Lipinski definition) is 1. The number of hydrogen-bond acceptors (Lipinski definition) is 4. The first kappa shape index (κ1) is 19.2. The van der Waals surface area contributed by atoms with Crippen LogP contribution in [0.15, 0.2) is 45.8 Å². The van der Waals surface area contributed by atoms with Crippen molar-refractivity contribution in [3.63, 3.8) is 0 Å². The lowest BCUT2D eigenvalue weighted by atomic mass is 9.83. The van der Waals surface area contributed by atoms with Gasteiger partial charge in [-0.2, -0.15) is 0 Å². The fourth-order valence-electron chi connectivity index (χ4n) is 3.40. The Morgan fingerprint density at radius 3 is 2.58 bits per heavy atom. The quantitative estimate of drug-likeness (QED) is 0.741. The van der Waals surface area contributed by atoms with E-state index in [9.17, 15) is 8.42 Å². The van der Waals surface area contributed by atoms with Crippen LogP contribution in [-0.2, 0) is 16.4 Å². The SMILES string of the molecule is COc1cc(Br)c(S(=O)(=O)NC[C@H]2CCCc3ccccc32)cc1OC. The molecule has 0 heterocycles. The minimum Gasteiger partial charge on any atom is -0.493 e. The smallest absolute Gasteiger partial charge is 0.241 e. The average molecular weight is 440 g/mol. The normalized spacial score (nSPS) is 16.8. The Bertz CT molecular complexity index is 898. The van der Waals surface area contributed by atoms with Crippen molar-refractivity contribution in [3.05, 3.63) is 52.0 Å². The second kappa shape index (κ2) is 7.98. The molecule has 0 saturated carbocycles. The zero-order chi connectivity index (χ0) is 18.7. The molecule has 2 aromatic rings. The zero-order valence-electron chi connectivity index (χ0n) is 14.8. The van der Waals surface area contributed by atoms with E-state index in [0.717, 1.165) is 19.3 Å². The predicted molar refractivity (Wildman–Crippen MR) is 105 cm³/mol. The minimum absolute atomic E-state index is 0.138. The van der Waals surface area contributed by atoms with Gasteiger partial charge in [-0.1, -0.05) is 24.3 Å². The molecule has 5 nitrogen and oxygen atoms in total. The van der Waals surface area contributed by atoms with Crippen LogP contribution in [0, 0.1) is 0 Å². The molecule has 1 aliphatic rings. The molecule has 1 atom stereocenters. The van der Waals surface area contributed by atoms with Crippen LogP contribution in [0.25, 0.3) is 0 Å². The molecule has 0 aromatic heterocycles. The topological polar surface area (TPSA) is 64.6 Å². The van der Waals surface area contributed by atoms with Gasteiger partial charge in [0.05, 0.1) is 14.2 Å². The fraction of sp³-hybridized carbons (Fsp3) is 0.368. The Morgan fingerprint density at radius 1 is 1.15 bits per heavy atom. The van der Waals surface area contributed by atoms with Crippen molar-refractivity contribution in [2.45, 2.75) is 30.1 Å². The summed E-state index contributed by atoms with van der Waals surface area (Å²) in [4.78, 5) is 0.138. The Labute approximate surface area is 162 Å². The highest BCUT2D eigenvalue weighted by atomic mass is 79.9. The summed E-state index contributed by atoms with van der Waals surface area (Å²) in [6.45, 7) is 0.375. The highest BCUT2D eigenvalue weighted by molar-refractivity contribution is 9.10. The van der Waals surface area contributed by atoms with Crippen LogP contribution in [0.1, 0.15) is 29.9 Å². The maximum Gasteiger partial charge on any atom is 0.241 e. The van der Waals surface area contributed by atoms with Crippen molar-refractivity contribution in [2.24, 2.45) is 0 Å². The Hall–Kier alpha value is -1.57. The molecule has 26 heavy (non-hydrogen) atoms. The maximum atomic E-state index is 12.8. The Morgan fingerprint density at radius 2 is 1.85 bits per heavy atom. The van der Waals surface area contributed by atoms with Crippen molar-refractivity contribution >= 4 is 26.0 Å². The van der Waals surface area contributed by atoms with Gasteiger partial charge in [0.15, 0.2) is 11.5 Å². The standard InChI is InChI=1S/C19H22BrNO4S/c1-24-17-10-16(20)19(11-18(17)25-2)26(22,23)21-12-14-8-5-7-13-6-3-4-9-15(13)14/h3-4,6,9-11,14,21H,5,7-8,12H2,1-2H3/t14-/m1/s1. The molecule has 0 spiro atoms. The van der Waals surface area contributed by atoms with E-state index in [2.05, 4.69) is 32.8 Å². The van der Waals surface area contributed by atoms with Gasteiger partial charge in [0.1, 0.15) is 4.90 Å². The molecule has 0 bridgehead atoms. The lowest BCUT2D eigenvalue weighted by Crippen LogP contribution is -2.30. The summed E-state index contributed by atoms with van der Waals surface area (Å²) >= 11 is 3.32.